The van der Waals surface area contributed by atoms with Crippen molar-refractivity contribution < 1.29 is 0 Å². The third-order valence-corrected chi connectivity index (χ3v) is 5.36. The first-order valence-electron chi connectivity index (χ1n) is 8.30. The van der Waals surface area contributed by atoms with Gasteiger partial charge in [0.2, 0.25) is 5.95 Å². The highest BCUT2D eigenvalue weighted by Crippen LogP contribution is 2.34. The lowest BCUT2D eigenvalue weighted by atomic mass is 10.1. The van der Waals surface area contributed by atoms with Gasteiger partial charge in [0, 0.05) is 23.5 Å². The van der Waals surface area contributed by atoms with Crippen LogP contribution in [0.4, 0.5) is 5.95 Å². The van der Waals surface area contributed by atoms with Gasteiger partial charge in [-0.15, -0.1) is 11.3 Å². The summed E-state index contributed by atoms with van der Waals surface area (Å²) in [5.74, 6) is 0.859. The largest absolute Gasteiger partial charge is 0.331 e. The van der Waals surface area contributed by atoms with E-state index in [4.69, 9.17) is 4.98 Å². The Hall–Kier alpha value is -2.28. The van der Waals surface area contributed by atoms with Crippen LogP contribution in [-0.2, 0) is 13.0 Å². The first-order chi connectivity index (χ1) is 11.8. The van der Waals surface area contributed by atoms with Gasteiger partial charge in [-0.25, -0.2) is 4.68 Å². The van der Waals surface area contributed by atoms with E-state index in [1.165, 1.54) is 4.88 Å². The van der Waals surface area contributed by atoms with Gasteiger partial charge in [-0.1, -0.05) is 17.2 Å². The van der Waals surface area contributed by atoms with Crippen molar-refractivity contribution in [2.24, 2.45) is 0 Å². The fourth-order valence-electron chi connectivity index (χ4n) is 3.28. The van der Waals surface area contributed by atoms with Crippen LogP contribution in [0.3, 0.4) is 0 Å². The Kier molecular flexibility index (Phi) is 4.25. The molecule has 1 saturated heterocycles. The minimum absolute atomic E-state index is 0.261. The van der Waals surface area contributed by atoms with Crippen LogP contribution in [0.25, 0.3) is 0 Å². The summed E-state index contributed by atoms with van der Waals surface area (Å²) in [7, 11) is 0. The summed E-state index contributed by atoms with van der Waals surface area (Å²) in [5, 5.41) is 14.5. The van der Waals surface area contributed by atoms with Crippen LogP contribution in [0.15, 0.2) is 35.7 Å². The average Bonchev–Trinajstić information content (AvgIpc) is 3.33. The van der Waals surface area contributed by atoms with Crippen molar-refractivity contribution in [2.75, 3.05) is 11.4 Å². The van der Waals surface area contributed by atoms with Crippen molar-refractivity contribution in [3.05, 3.63) is 52.0 Å². The molecule has 0 saturated carbocycles. The Labute approximate surface area is 145 Å². The molecule has 6 nitrogen and oxygen atoms in total. The van der Waals surface area contributed by atoms with Gasteiger partial charge in [0.05, 0.1) is 18.3 Å². The third kappa shape index (κ3) is 3.03. The molecule has 0 radical (unpaired) electrons. The van der Waals surface area contributed by atoms with E-state index in [2.05, 4.69) is 50.1 Å². The highest BCUT2D eigenvalue weighted by molar-refractivity contribution is 7.09. The zero-order valence-corrected chi connectivity index (χ0v) is 14.5. The molecule has 1 fully saturated rings. The molecule has 24 heavy (non-hydrogen) atoms. The van der Waals surface area contributed by atoms with E-state index in [9.17, 15) is 0 Å². The molecule has 3 aromatic heterocycles. The molecule has 1 atom stereocenters. The maximum atomic E-state index is 4.71. The van der Waals surface area contributed by atoms with Gasteiger partial charge in [-0.05, 0) is 53.8 Å². The van der Waals surface area contributed by atoms with E-state index in [0.717, 1.165) is 49.7 Å². The topological polar surface area (TPSA) is 59.7 Å². The number of aromatic nitrogens is 5. The SMILES string of the molecule is Cc1cccc(C2CCCN2c2nnnn2CCc2cccs2)n1. The highest BCUT2D eigenvalue weighted by Gasteiger charge is 2.30. The summed E-state index contributed by atoms with van der Waals surface area (Å²) in [6.45, 7) is 3.81. The maximum Gasteiger partial charge on any atom is 0.246 e. The predicted octanol–water partition coefficient (Wildman–Crippen LogP) is 3.02. The molecule has 4 rings (SSSR count). The Morgan fingerprint density at radius 2 is 2.21 bits per heavy atom. The summed E-state index contributed by atoms with van der Waals surface area (Å²) in [6.07, 6.45) is 3.18. The van der Waals surface area contributed by atoms with Crippen LogP contribution in [0.2, 0.25) is 0 Å². The molecule has 1 aliphatic rings. The van der Waals surface area contributed by atoms with Crippen molar-refractivity contribution >= 4 is 17.3 Å². The number of pyridine rings is 1. The van der Waals surface area contributed by atoms with Gasteiger partial charge >= 0.3 is 0 Å². The summed E-state index contributed by atoms with van der Waals surface area (Å²) < 4.78 is 1.92. The molecule has 0 amide bonds. The molecule has 0 aromatic carbocycles. The molecule has 3 aromatic rings. The molecule has 124 valence electrons. The summed E-state index contributed by atoms with van der Waals surface area (Å²) >= 11 is 1.78. The van der Waals surface area contributed by atoms with E-state index >= 15 is 0 Å². The molecule has 1 unspecified atom stereocenters. The molecule has 0 bridgehead atoms. The number of anilines is 1. The number of rotatable bonds is 5. The van der Waals surface area contributed by atoms with Gasteiger partial charge in [-0.3, -0.25) is 4.98 Å². The van der Waals surface area contributed by atoms with Crippen LogP contribution in [0.1, 0.15) is 35.1 Å². The van der Waals surface area contributed by atoms with Gasteiger partial charge < -0.3 is 4.90 Å². The second-order valence-electron chi connectivity index (χ2n) is 6.09. The quantitative estimate of drug-likeness (QED) is 0.714. The fraction of sp³-hybridized carbons (Fsp3) is 0.412. The van der Waals surface area contributed by atoms with Crippen molar-refractivity contribution in [3.63, 3.8) is 0 Å². The molecular weight excluding hydrogens is 320 g/mol. The lowest BCUT2D eigenvalue weighted by molar-refractivity contribution is 0.572. The second kappa shape index (κ2) is 6.68. The van der Waals surface area contributed by atoms with E-state index in [-0.39, 0.29) is 6.04 Å². The lowest BCUT2D eigenvalue weighted by Crippen LogP contribution is -2.27. The lowest BCUT2D eigenvalue weighted by Gasteiger charge is -2.24. The van der Waals surface area contributed by atoms with Crippen LogP contribution >= 0.6 is 11.3 Å². The second-order valence-corrected chi connectivity index (χ2v) is 7.12. The van der Waals surface area contributed by atoms with Gasteiger partial charge in [0.15, 0.2) is 0 Å². The zero-order valence-electron chi connectivity index (χ0n) is 13.7. The molecule has 0 spiro atoms. The fourth-order valence-corrected chi connectivity index (χ4v) is 3.98. The number of hydrogen-bond donors (Lipinski definition) is 0. The van der Waals surface area contributed by atoms with Gasteiger partial charge in [0.25, 0.3) is 0 Å². The van der Waals surface area contributed by atoms with E-state index < -0.39 is 0 Å². The monoisotopic (exact) mass is 340 g/mol. The van der Waals surface area contributed by atoms with Crippen molar-refractivity contribution in [1.29, 1.82) is 0 Å². The number of thiophene rings is 1. The van der Waals surface area contributed by atoms with E-state index in [0.29, 0.717) is 0 Å². The summed E-state index contributed by atoms with van der Waals surface area (Å²) in [5.41, 5.74) is 2.16. The standard InChI is InChI=1S/C17H20N6S/c1-13-5-2-7-15(18-13)16-8-3-10-22(16)17-19-20-21-23(17)11-9-14-6-4-12-24-14/h2,4-7,12,16H,3,8-11H2,1H3. The van der Waals surface area contributed by atoms with Crippen molar-refractivity contribution in [2.45, 2.75) is 38.8 Å². The molecule has 0 N–H and O–H groups in total. The van der Waals surface area contributed by atoms with Crippen molar-refractivity contribution in [3.8, 4) is 0 Å². The third-order valence-electron chi connectivity index (χ3n) is 4.42. The van der Waals surface area contributed by atoms with E-state index in [1.807, 2.05) is 17.7 Å². The Balaban J connectivity index is 1.55. The number of aryl methyl sites for hydroxylation is 3. The van der Waals surface area contributed by atoms with Gasteiger partial charge in [-0.2, -0.15) is 0 Å². The Bertz CT molecular complexity index is 797. The first-order valence-corrected chi connectivity index (χ1v) is 9.18. The molecule has 7 heteroatoms. The van der Waals surface area contributed by atoms with Gasteiger partial charge in [0.1, 0.15) is 0 Å². The zero-order chi connectivity index (χ0) is 16.4. The Morgan fingerprint density at radius 3 is 3.04 bits per heavy atom. The Morgan fingerprint density at radius 1 is 1.25 bits per heavy atom. The smallest absolute Gasteiger partial charge is 0.246 e. The van der Waals surface area contributed by atoms with E-state index in [1.54, 1.807) is 11.3 Å². The summed E-state index contributed by atoms with van der Waals surface area (Å²) in [6, 6.07) is 10.7. The molecule has 1 aliphatic heterocycles. The minimum Gasteiger partial charge on any atom is -0.331 e. The van der Waals surface area contributed by atoms with Crippen LogP contribution in [0.5, 0.6) is 0 Å². The molecule has 4 heterocycles. The number of hydrogen-bond acceptors (Lipinski definition) is 6. The summed E-state index contributed by atoms with van der Waals surface area (Å²) in [4.78, 5) is 8.37. The number of tetrazole rings is 1. The highest BCUT2D eigenvalue weighted by atomic mass is 32.1. The predicted molar refractivity (Wildman–Crippen MR) is 94.1 cm³/mol. The minimum atomic E-state index is 0.261. The molecule has 0 aliphatic carbocycles. The number of nitrogens with zero attached hydrogens (tertiary/aromatic N) is 6. The van der Waals surface area contributed by atoms with Crippen molar-refractivity contribution in [1.82, 2.24) is 25.2 Å². The normalized spacial score (nSPS) is 17.5. The van der Waals surface area contributed by atoms with Crippen LogP contribution in [0, 0.1) is 6.92 Å². The average molecular weight is 340 g/mol. The van der Waals surface area contributed by atoms with Crippen LogP contribution in [-0.4, -0.2) is 31.7 Å². The first kappa shape index (κ1) is 15.3. The maximum absolute atomic E-state index is 4.71. The molecular formula is C17H20N6S. The van der Waals surface area contributed by atoms with Crippen LogP contribution < -0.4 is 4.90 Å².